The van der Waals surface area contributed by atoms with E-state index in [1.54, 1.807) is 21.6 Å². The van der Waals surface area contributed by atoms with Crippen molar-refractivity contribution in [2.75, 3.05) is 6.54 Å². The van der Waals surface area contributed by atoms with Crippen molar-refractivity contribution < 1.29 is 9.18 Å². The van der Waals surface area contributed by atoms with Crippen LogP contribution in [-0.4, -0.2) is 26.7 Å². The van der Waals surface area contributed by atoms with E-state index in [0.717, 1.165) is 6.42 Å². The van der Waals surface area contributed by atoms with Gasteiger partial charge in [-0.25, -0.2) is 9.37 Å². The summed E-state index contributed by atoms with van der Waals surface area (Å²) in [5.41, 5.74) is 3.40. The molecular weight excluding hydrogens is 281 g/mol. The first-order valence-corrected chi connectivity index (χ1v) is 7.21. The van der Waals surface area contributed by atoms with E-state index >= 15 is 0 Å². The Hall–Kier alpha value is -2.69. The van der Waals surface area contributed by atoms with E-state index in [-0.39, 0.29) is 11.7 Å². The van der Waals surface area contributed by atoms with Gasteiger partial charge in [-0.15, -0.1) is 0 Å². The van der Waals surface area contributed by atoms with Crippen LogP contribution < -0.4 is 0 Å². The van der Waals surface area contributed by atoms with Crippen molar-refractivity contribution in [2.24, 2.45) is 0 Å². The summed E-state index contributed by atoms with van der Waals surface area (Å²) in [7, 11) is 0. The van der Waals surface area contributed by atoms with Gasteiger partial charge >= 0.3 is 0 Å². The third-order valence-electron chi connectivity index (χ3n) is 4.05. The van der Waals surface area contributed by atoms with Crippen molar-refractivity contribution >= 4 is 11.6 Å². The predicted octanol–water partition coefficient (Wildman–Crippen LogP) is 2.67. The molecule has 0 radical (unpaired) electrons. The van der Waals surface area contributed by atoms with Crippen molar-refractivity contribution in [1.29, 1.82) is 0 Å². The molecule has 1 aliphatic heterocycles. The maximum atomic E-state index is 13.2. The Balaban J connectivity index is 1.64. The maximum Gasteiger partial charge on any atom is 0.274 e. The van der Waals surface area contributed by atoms with Crippen LogP contribution in [0.5, 0.6) is 0 Å². The minimum absolute atomic E-state index is 0.112. The number of hydrogen-bond donors (Lipinski definition) is 0. The van der Waals surface area contributed by atoms with Crippen LogP contribution >= 0.6 is 0 Å². The number of carbonyl (C=O) groups excluding carboxylic acids is 1. The first kappa shape index (κ1) is 13.0. The second-order valence-corrected chi connectivity index (χ2v) is 5.48. The summed E-state index contributed by atoms with van der Waals surface area (Å²) >= 11 is 0. The van der Waals surface area contributed by atoms with E-state index in [4.69, 9.17) is 0 Å². The Morgan fingerprint density at radius 3 is 2.77 bits per heavy atom. The zero-order chi connectivity index (χ0) is 15.1. The lowest BCUT2D eigenvalue weighted by Gasteiger charge is -2.28. The van der Waals surface area contributed by atoms with E-state index < -0.39 is 0 Å². The van der Waals surface area contributed by atoms with Crippen molar-refractivity contribution in [2.45, 2.75) is 13.0 Å². The maximum absolute atomic E-state index is 13.2. The summed E-state index contributed by atoms with van der Waals surface area (Å²) in [6, 6.07) is 11.1. The van der Waals surface area contributed by atoms with Crippen molar-refractivity contribution in [3.05, 3.63) is 71.4 Å². The highest BCUT2D eigenvalue weighted by atomic mass is 19.1. The van der Waals surface area contributed by atoms with Crippen LogP contribution in [-0.2, 0) is 13.0 Å². The lowest BCUT2D eigenvalue weighted by Crippen LogP contribution is -2.36. The van der Waals surface area contributed by atoms with Crippen LogP contribution in [0.4, 0.5) is 4.39 Å². The third-order valence-corrected chi connectivity index (χ3v) is 4.05. The van der Waals surface area contributed by atoms with Gasteiger partial charge in [0.2, 0.25) is 0 Å². The number of rotatable bonds is 1. The van der Waals surface area contributed by atoms with Gasteiger partial charge in [-0.1, -0.05) is 24.3 Å². The van der Waals surface area contributed by atoms with Crippen LogP contribution in [0, 0.1) is 5.82 Å². The van der Waals surface area contributed by atoms with Gasteiger partial charge in [0.15, 0.2) is 0 Å². The molecule has 3 heterocycles. The van der Waals surface area contributed by atoms with E-state index in [2.05, 4.69) is 11.1 Å². The van der Waals surface area contributed by atoms with Gasteiger partial charge in [-0.05, 0) is 29.7 Å². The third kappa shape index (κ3) is 2.15. The fourth-order valence-electron chi connectivity index (χ4n) is 2.90. The summed E-state index contributed by atoms with van der Waals surface area (Å²) in [5.74, 6) is -0.464. The second-order valence-electron chi connectivity index (χ2n) is 5.48. The molecule has 0 unspecified atom stereocenters. The number of nitrogens with zero attached hydrogens (tertiary/aromatic N) is 3. The van der Waals surface area contributed by atoms with Gasteiger partial charge in [0.05, 0.1) is 0 Å². The fraction of sp³-hybridized carbons (Fsp3) is 0.176. The summed E-state index contributed by atoms with van der Waals surface area (Å²) < 4.78 is 14.8. The van der Waals surface area contributed by atoms with Crippen molar-refractivity contribution in [3.8, 4) is 0 Å². The van der Waals surface area contributed by atoms with Gasteiger partial charge in [0.25, 0.3) is 5.91 Å². The van der Waals surface area contributed by atoms with Crippen molar-refractivity contribution in [3.63, 3.8) is 0 Å². The molecule has 5 heteroatoms. The largest absolute Gasteiger partial charge is 0.333 e. The lowest BCUT2D eigenvalue weighted by atomic mass is 10.00. The summed E-state index contributed by atoms with van der Waals surface area (Å²) in [6.45, 7) is 1.27. The average Bonchev–Trinajstić information content (AvgIpc) is 2.96. The lowest BCUT2D eigenvalue weighted by molar-refractivity contribution is 0.0729. The number of aromatic nitrogens is 2. The van der Waals surface area contributed by atoms with Crippen LogP contribution in [0.25, 0.3) is 5.65 Å². The van der Waals surface area contributed by atoms with E-state index in [1.807, 2.05) is 18.2 Å². The Labute approximate surface area is 126 Å². The normalized spacial score (nSPS) is 14.1. The molecule has 0 N–H and O–H groups in total. The smallest absolute Gasteiger partial charge is 0.274 e. The first-order chi connectivity index (χ1) is 10.7. The number of imidazole rings is 1. The van der Waals surface area contributed by atoms with Gasteiger partial charge in [-0.2, -0.15) is 0 Å². The number of pyridine rings is 1. The molecule has 0 aliphatic carbocycles. The van der Waals surface area contributed by atoms with Crippen LogP contribution in [0.3, 0.4) is 0 Å². The van der Waals surface area contributed by atoms with E-state index in [9.17, 15) is 9.18 Å². The Bertz CT molecular complexity index is 871. The Morgan fingerprint density at radius 2 is 1.91 bits per heavy atom. The molecule has 4 rings (SSSR count). The molecule has 0 bridgehead atoms. The van der Waals surface area contributed by atoms with Crippen LogP contribution in [0.1, 0.15) is 21.6 Å². The molecule has 0 fully saturated rings. The quantitative estimate of drug-likeness (QED) is 0.692. The van der Waals surface area contributed by atoms with Crippen LogP contribution in [0.15, 0.2) is 48.8 Å². The first-order valence-electron chi connectivity index (χ1n) is 7.21. The molecule has 0 saturated heterocycles. The van der Waals surface area contributed by atoms with Crippen molar-refractivity contribution in [1.82, 2.24) is 14.3 Å². The van der Waals surface area contributed by atoms with Gasteiger partial charge in [0, 0.05) is 25.5 Å². The zero-order valence-corrected chi connectivity index (χ0v) is 11.9. The summed E-state index contributed by atoms with van der Waals surface area (Å²) in [5, 5.41) is 0. The molecule has 2 aromatic heterocycles. The Kier molecular flexibility index (Phi) is 2.92. The molecule has 0 spiro atoms. The second kappa shape index (κ2) is 4.94. The highest BCUT2D eigenvalue weighted by Gasteiger charge is 2.23. The average molecular weight is 295 g/mol. The van der Waals surface area contributed by atoms with Gasteiger partial charge in [-0.3, -0.25) is 4.79 Å². The molecule has 110 valence electrons. The predicted molar refractivity (Wildman–Crippen MR) is 80.0 cm³/mol. The topological polar surface area (TPSA) is 37.6 Å². The monoisotopic (exact) mass is 295 g/mol. The molecule has 22 heavy (non-hydrogen) atoms. The standard InChI is InChI=1S/C17H14FN3O/c18-14-5-6-16-19-15(11-21(16)10-14)17(22)20-8-7-12-3-1-2-4-13(12)9-20/h1-6,10-11H,7-9H2. The number of amides is 1. The summed E-state index contributed by atoms with van der Waals surface area (Å²) in [6.07, 6.45) is 3.76. The van der Waals surface area contributed by atoms with Gasteiger partial charge in [0.1, 0.15) is 17.2 Å². The molecule has 1 aliphatic rings. The van der Waals surface area contributed by atoms with Gasteiger partial charge < -0.3 is 9.30 Å². The number of fused-ring (bicyclic) bond motifs is 2. The molecule has 4 nitrogen and oxygen atoms in total. The molecule has 1 amide bonds. The molecule has 0 atom stereocenters. The Morgan fingerprint density at radius 1 is 1.09 bits per heavy atom. The van der Waals surface area contributed by atoms with E-state index in [0.29, 0.717) is 24.4 Å². The molecular formula is C17H14FN3O. The SMILES string of the molecule is O=C(c1cn2cc(F)ccc2n1)N1CCc2ccccc2C1. The molecule has 0 saturated carbocycles. The number of hydrogen-bond acceptors (Lipinski definition) is 2. The highest BCUT2D eigenvalue weighted by molar-refractivity contribution is 5.93. The van der Waals surface area contributed by atoms with Crippen LogP contribution in [0.2, 0.25) is 0 Å². The number of carbonyl (C=O) groups is 1. The molecule has 3 aromatic rings. The highest BCUT2D eigenvalue weighted by Crippen LogP contribution is 2.20. The number of benzene rings is 1. The zero-order valence-electron chi connectivity index (χ0n) is 11.9. The fourth-order valence-corrected chi connectivity index (χ4v) is 2.90. The summed E-state index contributed by atoms with van der Waals surface area (Å²) in [4.78, 5) is 18.7. The van der Waals surface area contributed by atoms with E-state index in [1.165, 1.54) is 23.4 Å². The minimum atomic E-state index is -0.351. The molecule has 1 aromatic carbocycles. The number of halogens is 1. The minimum Gasteiger partial charge on any atom is -0.333 e.